The topological polar surface area (TPSA) is 124 Å². The first-order valence-corrected chi connectivity index (χ1v) is 11.7. The molecule has 3 amide bonds. The highest BCUT2D eigenvalue weighted by Crippen LogP contribution is 2.26. The van der Waals surface area contributed by atoms with Gasteiger partial charge in [-0.3, -0.25) is 9.36 Å². The predicted molar refractivity (Wildman–Crippen MR) is 132 cm³/mol. The van der Waals surface area contributed by atoms with Gasteiger partial charge in [-0.2, -0.15) is 13.2 Å². The zero-order valence-corrected chi connectivity index (χ0v) is 21.0. The molecule has 1 heterocycles. The average molecular weight is 559 g/mol. The lowest BCUT2D eigenvalue weighted by molar-refractivity contribution is -0.136. The van der Waals surface area contributed by atoms with Crippen LogP contribution in [0.5, 0.6) is 0 Å². The number of carbonyl (C=O) groups is 2. The molecule has 0 bridgehead atoms. The van der Waals surface area contributed by atoms with E-state index in [0.29, 0.717) is 21.2 Å². The van der Waals surface area contributed by atoms with Gasteiger partial charge < -0.3 is 16.4 Å². The number of hydrogen-bond donors (Lipinski definition) is 3. The van der Waals surface area contributed by atoms with E-state index in [0.717, 1.165) is 14.8 Å². The van der Waals surface area contributed by atoms with Crippen LogP contribution < -0.4 is 22.1 Å². The standard InChI is InChI=1S/C23H23Cl2F3N6O3/c1-13-3-2-4-16(19(13)25)17(11-30-21(29)36)31-18(35)12-34-22(37)33(10-9-23(26,27)28)20(32-34)14-5-7-15(24)8-6-14/h2-8,17H,9-12H2,1H3,(H,31,35)(H3,29,30,36). The Morgan fingerprint density at radius 2 is 1.81 bits per heavy atom. The van der Waals surface area contributed by atoms with E-state index in [4.69, 9.17) is 28.9 Å². The largest absolute Gasteiger partial charge is 0.390 e. The van der Waals surface area contributed by atoms with Gasteiger partial charge in [-0.1, -0.05) is 41.4 Å². The Kier molecular flexibility index (Phi) is 8.87. The van der Waals surface area contributed by atoms with Crippen molar-refractivity contribution in [2.45, 2.75) is 38.7 Å². The highest BCUT2D eigenvalue weighted by molar-refractivity contribution is 6.32. The van der Waals surface area contributed by atoms with Crippen LogP contribution in [0.4, 0.5) is 18.0 Å². The van der Waals surface area contributed by atoms with Crippen LogP contribution in [-0.4, -0.2) is 39.0 Å². The van der Waals surface area contributed by atoms with Gasteiger partial charge >= 0.3 is 17.9 Å². The Hall–Kier alpha value is -3.51. The summed E-state index contributed by atoms with van der Waals surface area (Å²) in [7, 11) is 0. The van der Waals surface area contributed by atoms with Crippen molar-refractivity contribution in [2.24, 2.45) is 5.73 Å². The van der Waals surface area contributed by atoms with Crippen LogP contribution in [0.25, 0.3) is 11.4 Å². The maximum absolute atomic E-state index is 12.9. The first-order chi connectivity index (χ1) is 17.4. The van der Waals surface area contributed by atoms with Gasteiger partial charge in [0.2, 0.25) is 5.91 Å². The summed E-state index contributed by atoms with van der Waals surface area (Å²) < 4.78 is 40.3. The van der Waals surface area contributed by atoms with Crippen molar-refractivity contribution in [3.63, 3.8) is 0 Å². The van der Waals surface area contributed by atoms with Crippen molar-refractivity contribution in [1.82, 2.24) is 25.0 Å². The fraction of sp³-hybridized carbons (Fsp3) is 0.304. The van der Waals surface area contributed by atoms with Crippen LogP contribution in [-0.2, 0) is 17.9 Å². The van der Waals surface area contributed by atoms with E-state index in [-0.39, 0.29) is 12.4 Å². The van der Waals surface area contributed by atoms with Crippen LogP contribution in [0.3, 0.4) is 0 Å². The monoisotopic (exact) mass is 558 g/mol. The Morgan fingerprint density at radius 1 is 1.14 bits per heavy atom. The molecule has 0 spiro atoms. The zero-order valence-electron chi connectivity index (χ0n) is 19.5. The zero-order chi connectivity index (χ0) is 27.3. The summed E-state index contributed by atoms with van der Waals surface area (Å²) in [6, 6.07) is 9.50. The smallest absolute Gasteiger partial charge is 0.352 e. The third-order valence-corrected chi connectivity index (χ3v) is 6.12. The van der Waals surface area contributed by atoms with Crippen molar-refractivity contribution in [1.29, 1.82) is 0 Å². The van der Waals surface area contributed by atoms with Gasteiger partial charge in [0.15, 0.2) is 5.82 Å². The van der Waals surface area contributed by atoms with Gasteiger partial charge in [0.1, 0.15) is 6.54 Å². The number of aryl methyl sites for hydroxylation is 1. The molecule has 1 atom stereocenters. The van der Waals surface area contributed by atoms with E-state index in [1.807, 2.05) is 0 Å². The fourth-order valence-electron chi connectivity index (χ4n) is 3.55. The molecule has 0 saturated heterocycles. The second-order valence-corrected chi connectivity index (χ2v) is 8.95. The second-order valence-electron chi connectivity index (χ2n) is 8.13. The van der Waals surface area contributed by atoms with Gasteiger partial charge in [-0.15, -0.1) is 5.10 Å². The van der Waals surface area contributed by atoms with Gasteiger partial charge in [-0.05, 0) is 42.3 Å². The van der Waals surface area contributed by atoms with E-state index in [2.05, 4.69) is 15.7 Å². The molecule has 3 aromatic rings. The number of aromatic nitrogens is 3. The molecule has 0 aliphatic rings. The molecule has 0 fully saturated rings. The van der Waals surface area contributed by atoms with Crippen LogP contribution in [0, 0.1) is 6.92 Å². The molecule has 9 nitrogen and oxygen atoms in total. The molecule has 1 aromatic heterocycles. The number of halogens is 5. The van der Waals surface area contributed by atoms with Crippen molar-refractivity contribution >= 4 is 35.1 Å². The number of amides is 3. The molecule has 1 unspecified atom stereocenters. The van der Waals surface area contributed by atoms with E-state index >= 15 is 0 Å². The Balaban J connectivity index is 1.90. The van der Waals surface area contributed by atoms with Crippen LogP contribution in [0.2, 0.25) is 10.0 Å². The summed E-state index contributed by atoms with van der Waals surface area (Å²) in [5.74, 6) is -0.744. The fourth-order valence-corrected chi connectivity index (χ4v) is 3.94. The Labute approximate surface area is 219 Å². The lowest BCUT2D eigenvalue weighted by atomic mass is 10.0. The van der Waals surface area contributed by atoms with Gasteiger partial charge in [0, 0.05) is 28.7 Å². The van der Waals surface area contributed by atoms with Crippen LogP contribution >= 0.6 is 23.2 Å². The van der Waals surface area contributed by atoms with Gasteiger partial charge in [0.25, 0.3) is 0 Å². The lowest BCUT2D eigenvalue weighted by Gasteiger charge is -2.21. The third kappa shape index (κ3) is 7.49. The number of benzene rings is 2. The maximum Gasteiger partial charge on any atom is 0.390 e. The molecular formula is C23H23Cl2F3N6O3. The van der Waals surface area contributed by atoms with Crippen molar-refractivity contribution in [2.75, 3.05) is 6.54 Å². The summed E-state index contributed by atoms with van der Waals surface area (Å²) in [5, 5.41) is 9.93. The number of carbonyl (C=O) groups excluding carboxylic acids is 2. The molecular weight excluding hydrogens is 536 g/mol. The van der Waals surface area contributed by atoms with Crippen molar-refractivity contribution < 1.29 is 22.8 Å². The minimum atomic E-state index is -4.51. The number of hydrogen-bond acceptors (Lipinski definition) is 4. The molecule has 14 heteroatoms. The molecule has 2 aromatic carbocycles. The van der Waals surface area contributed by atoms with E-state index in [1.54, 1.807) is 25.1 Å². The number of alkyl halides is 3. The predicted octanol–water partition coefficient (Wildman–Crippen LogP) is 3.81. The summed E-state index contributed by atoms with van der Waals surface area (Å²) in [6.45, 7) is 0.369. The van der Waals surface area contributed by atoms with Gasteiger partial charge in [-0.25, -0.2) is 14.3 Å². The summed E-state index contributed by atoms with van der Waals surface area (Å²) >= 11 is 12.3. The number of nitrogens with zero attached hydrogens (tertiary/aromatic N) is 3. The molecule has 3 rings (SSSR count). The molecule has 37 heavy (non-hydrogen) atoms. The number of rotatable bonds is 9. The average Bonchev–Trinajstić information content (AvgIpc) is 3.12. The normalized spacial score (nSPS) is 12.3. The molecule has 198 valence electrons. The highest BCUT2D eigenvalue weighted by Gasteiger charge is 2.29. The minimum Gasteiger partial charge on any atom is -0.352 e. The SMILES string of the molecule is Cc1cccc(C(CNC(N)=O)NC(=O)Cn2nc(-c3ccc(Cl)cc3)n(CCC(F)(F)F)c2=O)c1Cl. The number of urea groups is 1. The second kappa shape index (κ2) is 11.7. The lowest BCUT2D eigenvalue weighted by Crippen LogP contribution is -2.42. The van der Waals surface area contributed by atoms with Gasteiger partial charge in [0.05, 0.1) is 12.5 Å². The van der Waals surface area contributed by atoms with Crippen LogP contribution in [0.15, 0.2) is 47.3 Å². The van der Waals surface area contributed by atoms with E-state index < -0.39 is 49.4 Å². The number of primary amides is 1. The molecule has 0 radical (unpaired) electrons. The third-order valence-electron chi connectivity index (χ3n) is 5.35. The van der Waals surface area contributed by atoms with Crippen LogP contribution in [0.1, 0.15) is 23.6 Å². The Bertz CT molecular complexity index is 1340. The molecule has 4 N–H and O–H groups in total. The highest BCUT2D eigenvalue weighted by atomic mass is 35.5. The quantitative estimate of drug-likeness (QED) is 0.369. The molecule has 0 aliphatic carbocycles. The Morgan fingerprint density at radius 3 is 2.43 bits per heavy atom. The number of nitrogens with two attached hydrogens (primary N) is 1. The number of nitrogens with one attached hydrogen (secondary N) is 2. The molecule has 0 aliphatic heterocycles. The minimum absolute atomic E-state index is 0.0487. The first kappa shape index (κ1) is 28.1. The summed E-state index contributed by atoms with van der Waals surface area (Å²) in [6.07, 6.45) is -5.78. The van der Waals surface area contributed by atoms with E-state index in [9.17, 15) is 27.6 Å². The van der Waals surface area contributed by atoms with E-state index in [1.165, 1.54) is 24.3 Å². The van der Waals surface area contributed by atoms with Crippen molar-refractivity contribution in [3.05, 3.63) is 74.1 Å². The molecule has 0 saturated carbocycles. The summed E-state index contributed by atoms with van der Waals surface area (Å²) in [4.78, 5) is 37.1. The maximum atomic E-state index is 12.9. The first-order valence-electron chi connectivity index (χ1n) is 10.9. The summed E-state index contributed by atoms with van der Waals surface area (Å²) in [5.41, 5.74) is 5.83. The van der Waals surface area contributed by atoms with Crippen molar-refractivity contribution in [3.8, 4) is 11.4 Å².